The van der Waals surface area contributed by atoms with Gasteiger partial charge < -0.3 is 19.6 Å². The number of aromatic nitrogens is 2. The number of carbonyl (C=O) groups is 2. The largest absolute Gasteiger partial charge is 0.490 e. The second-order valence-electron chi connectivity index (χ2n) is 7.14. The number of aliphatic carboxylic acids is 1. The number of morpholine rings is 1. The quantitative estimate of drug-likeness (QED) is 0.803. The number of carboxylic acids is 1. The van der Waals surface area contributed by atoms with Crippen LogP contribution in [0.4, 0.5) is 18.9 Å². The first kappa shape index (κ1) is 23.0. The molecule has 0 aliphatic carbocycles. The van der Waals surface area contributed by atoms with E-state index in [-0.39, 0.29) is 18.1 Å². The maximum absolute atomic E-state index is 12.2. The number of nitrogens with zero attached hydrogens (tertiary/aromatic N) is 4. The highest BCUT2D eigenvalue weighted by Gasteiger charge is 2.43. The third-order valence-corrected chi connectivity index (χ3v) is 5.27. The minimum absolute atomic E-state index is 0.00946. The van der Waals surface area contributed by atoms with E-state index in [1.807, 2.05) is 0 Å². The van der Waals surface area contributed by atoms with Crippen LogP contribution in [0.2, 0.25) is 0 Å². The van der Waals surface area contributed by atoms with E-state index in [4.69, 9.17) is 14.6 Å². The first-order chi connectivity index (χ1) is 13.6. The molecule has 1 N–H and O–H groups in total. The van der Waals surface area contributed by atoms with Gasteiger partial charge in [0.1, 0.15) is 12.9 Å². The molecular formula is C18H25F3N4O4. The Labute approximate surface area is 166 Å². The summed E-state index contributed by atoms with van der Waals surface area (Å²) in [4.78, 5) is 33.4. The zero-order chi connectivity index (χ0) is 21.7. The van der Waals surface area contributed by atoms with Crippen molar-refractivity contribution in [1.29, 1.82) is 0 Å². The zero-order valence-electron chi connectivity index (χ0n) is 16.4. The number of ether oxygens (including phenoxy) is 1. The number of hydrogen-bond acceptors (Lipinski definition) is 6. The van der Waals surface area contributed by atoms with Crippen LogP contribution in [0.15, 0.2) is 18.7 Å². The fourth-order valence-corrected chi connectivity index (χ4v) is 3.31. The maximum atomic E-state index is 12.2. The summed E-state index contributed by atoms with van der Waals surface area (Å²) in [5.41, 5.74) is 0.549. The fraction of sp³-hybridized carbons (Fsp3) is 0.667. The second kappa shape index (κ2) is 9.49. The number of carboxylic acid groups (broad SMARTS) is 1. The Kier molecular flexibility index (Phi) is 7.53. The van der Waals surface area contributed by atoms with Gasteiger partial charge in [-0.1, -0.05) is 6.92 Å². The number of alkyl halides is 3. The van der Waals surface area contributed by atoms with E-state index in [0.29, 0.717) is 12.6 Å². The molecule has 8 nitrogen and oxygen atoms in total. The average molecular weight is 418 g/mol. The summed E-state index contributed by atoms with van der Waals surface area (Å²) in [5, 5.41) is 7.12. The van der Waals surface area contributed by atoms with Crippen LogP contribution in [0, 0.1) is 0 Å². The van der Waals surface area contributed by atoms with E-state index in [9.17, 15) is 18.0 Å². The molecule has 2 aliphatic rings. The molecule has 2 saturated heterocycles. The Hall–Kier alpha value is -2.27. The number of piperidine rings is 1. The molecule has 0 saturated carbocycles. The number of halogens is 3. The summed E-state index contributed by atoms with van der Waals surface area (Å²) in [7, 11) is 0. The highest BCUT2D eigenvalue weighted by molar-refractivity contribution is 5.94. The SMILES string of the molecule is CCC(C)N1CCC2(CC1)CN(c1cncnc1)C(=O)CO2.O=C(O)C(F)(F)F. The molecule has 0 bridgehead atoms. The Morgan fingerprint density at radius 3 is 2.34 bits per heavy atom. The van der Waals surface area contributed by atoms with E-state index in [1.54, 1.807) is 17.3 Å². The van der Waals surface area contributed by atoms with Crippen molar-refractivity contribution in [2.24, 2.45) is 0 Å². The van der Waals surface area contributed by atoms with Crippen LogP contribution in [0.3, 0.4) is 0 Å². The number of carbonyl (C=O) groups excluding carboxylic acids is 1. The molecule has 11 heteroatoms. The molecule has 29 heavy (non-hydrogen) atoms. The van der Waals surface area contributed by atoms with E-state index in [1.165, 1.54) is 12.7 Å². The zero-order valence-corrected chi connectivity index (χ0v) is 16.4. The van der Waals surface area contributed by atoms with Crippen molar-refractivity contribution in [2.75, 3.05) is 31.1 Å². The van der Waals surface area contributed by atoms with Gasteiger partial charge in [0.05, 0.1) is 30.2 Å². The lowest BCUT2D eigenvalue weighted by Crippen LogP contribution is -2.59. The molecule has 162 valence electrons. The van der Waals surface area contributed by atoms with Gasteiger partial charge in [-0.15, -0.1) is 0 Å². The lowest BCUT2D eigenvalue weighted by atomic mass is 9.88. The molecule has 0 radical (unpaired) electrons. The van der Waals surface area contributed by atoms with Crippen molar-refractivity contribution in [3.8, 4) is 0 Å². The third-order valence-electron chi connectivity index (χ3n) is 5.27. The molecule has 1 aromatic rings. The van der Waals surface area contributed by atoms with Crippen LogP contribution in [0.5, 0.6) is 0 Å². The monoisotopic (exact) mass is 418 g/mol. The molecule has 3 heterocycles. The highest BCUT2D eigenvalue weighted by atomic mass is 19.4. The van der Waals surface area contributed by atoms with Crippen LogP contribution in [0.25, 0.3) is 0 Å². The molecule has 1 atom stereocenters. The van der Waals surface area contributed by atoms with Crippen LogP contribution in [0.1, 0.15) is 33.1 Å². The molecular weight excluding hydrogens is 393 g/mol. The molecule has 1 unspecified atom stereocenters. The second-order valence-corrected chi connectivity index (χ2v) is 7.14. The lowest BCUT2D eigenvalue weighted by Gasteiger charge is -2.47. The van der Waals surface area contributed by atoms with Crippen LogP contribution < -0.4 is 4.90 Å². The summed E-state index contributed by atoms with van der Waals surface area (Å²) in [6.07, 6.45) is 2.88. The number of likely N-dealkylation sites (tertiary alicyclic amines) is 1. The number of amides is 1. The van der Waals surface area contributed by atoms with Crippen LogP contribution in [-0.2, 0) is 14.3 Å². The van der Waals surface area contributed by atoms with Crippen molar-refractivity contribution in [1.82, 2.24) is 14.9 Å². The van der Waals surface area contributed by atoms with E-state index in [0.717, 1.165) is 31.6 Å². The summed E-state index contributed by atoms with van der Waals surface area (Å²) in [6.45, 7) is 7.31. The molecule has 1 amide bonds. The molecule has 1 spiro atoms. The average Bonchev–Trinajstić information content (AvgIpc) is 2.70. The van der Waals surface area contributed by atoms with E-state index >= 15 is 0 Å². The number of rotatable bonds is 3. The van der Waals surface area contributed by atoms with Gasteiger partial charge in [-0.05, 0) is 26.2 Å². The number of hydrogen-bond donors (Lipinski definition) is 1. The first-order valence-electron chi connectivity index (χ1n) is 9.31. The Morgan fingerprint density at radius 2 is 1.86 bits per heavy atom. The van der Waals surface area contributed by atoms with Crippen LogP contribution >= 0.6 is 0 Å². The van der Waals surface area contributed by atoms with Gasteiger partial charge in [0.25, 0.3) is 5.91 Å². The third kappa shape index (κ3) is 6.10. The van der Waals surface area contributed by atoms with Crippen molar-refractivity contribution in [2.45, 2.75) is 50.9 Å². The van der Waals surface area contributed by atoms with Crippen molar-refractivity contribution in [3.05, 3.63) is 18.7 Å². The van der Waals surface area contributed by atoms with Gasteiger partial charge in [-0.25, -0.2) is 14.8 Å². The van der Waals surface area contributed by atoms with Gasteiger partial charge in [0, 0.05) is 19.1 Å². The molecule has 0 aromatic carbocycles. The Bertz CT molecular complexity index is 694. The molecule has 1 aromatic heterocycles. The number of anilines is 1. The Balaban J connectivity index is 0.000000370. The van der Waals surface area contributed by atoms with Gasteiger partial charge in [0.2, 0.25) is 0 Å². The molecule has 2 fully saturated rings. The molecule has 3 rings (SSSR count). The molecule has 2 aliphatic heterocycles. The Morgan fingerprint density at radius 1 is 1.31 bits per heavy atom. The smallest absolute Gasteiger partial charge is 0.475 e. The summed E-state index contributed by atoms with van der Waals surface area (Å²) < 4.78 is 37.7. The van der Waals surface area contributed by atoms with E-state index < -0.39 is 12.1 Å². The minimum atomic E-state index is -5.08. The fourth-order valence-electron chi connectivity index (χ4n) is 3.31. The van der Waals surface area contributed by atoms with Crippen LogP contribution in [-0.4, -0.2) is 75.9 Å². The summed E-state index contributed by atoms with van der Waals surface area (Å²) in [6, 6.07) is 0.612. The predicted molar refractivity (Wildman–Crippen MR) is 97.3 cm³/mol. The predicted octanol–water partition coefficient (Wildman–Crippen LogP) is 2.11. The first-order valence-corrected chi connectivity index (χ1v) is 9.31. The standard InChI is InChI=1S/C16H24N4O2.C2HF3O2/c1-3-13(2)19-6-4-16(5-7-19)11-20(15(21)10-22-16)14-8-17-12-18-9-14;3-2(4,5)1(6)7/h8-9,12-13H,3-7,10-11H2,1-2H3;(H,6,7). The van der Waals surface area contributed by atoms with Gasteiger partial charge in [-0.2, -0.15) is 13.2 Å². The van der Waals surface area contributed by atoms with Crippen molar-refractivity contribution < 1.29 is 32.6 Å². The van der Waals surface area contributed by atoms with Crippen molar-refractivity contribution in [3.63, 3.8) is 0 Å². The lowest BCUT2D eigenvalue weighted by molar-refractivity contribution is -0.192. The normalized spacial score (nSPS) is 20.7. The van der Waals surface area contributed by atoms with E-state index in [2.05, 4.69) is 28.7 Å². The maximum Gasteiger partial charge on any atom is 0.490 e. The van der Waals surface area contributed by atoms with Gasteiger partial charge >= 0.3 is 12.1 Å². The van der Waals surface area contributed by atoms with Gasteiger partial charge in [-0.3, -0.25) is 4.79 Å². The summed E-state index contributed by atoms with van der Waals surface area (Å²) in [5.74, 6) is -2.77. The van der Waals surface area contributed by atoms with Gasteiger partial charge in [0.15, 0.2) is 0 Å². The van der Waals surface area contributed by atoms with Crippen molar-refractivity contribution >= 4 is 17.6 Å². The highest BCUT2D eigenvalue weighted by Crippen LogP contribution is 2.33. The summed E-state index contributed by atoms with van der Waals surface area (Å²) >= 11 is 0. The topological polar surface area (TPSA) is 95.9 Å². The minimum Gasteiger partial charge on any atom is -0.475 e.